The van der Waals surface area contributed by atoms with Gasteiger partial charge >= 0.3 is 0 Å². The van der Waals surface area contributed by atoms with Crippen LogP contribution in [0.1, 0.15) is 26.2 Å². The number of nitrogens with zero attached hydrogens (tertiary/aromatic N) is 2. The number of rotatable bonds is 4. The molecule has 1 aromatic rings. The Balaban J connectivity index is 0.00000110. The van der Waals surface area contributed by atoms with Crippen molar-refractivity contribution in [3.05, 3.63) is 18.5 Å². The predicted molar refractivity (Wildman–Crippen MR) is 87.0 cm³/mol. The lowest BCUT2D eigenvalue weighted by molar-refractivity contribution is -0.124. The van der Waals surface area contributed by atoms with Crippen molar-refractivity contribution in [2.45, 2.75) is 38.8 Å². The molecule has 1 amide bonds. The van der Waals surface area contributed by atoms with Crippen LogP contribution in [0.5, 0.6) is 0 Å². The van der Waals surface area contributed by atoms with Crippen LogP contribution in [0.4, 0.5) is 0 Å². The van der Waals surface area contributed by atoms with Crippen molar-refractivity contribution in [2.75, 3.05) is 13.1 Å². The molecule has 2 N–H and O–H groups in total. The van der Waals surface area contributed by atoms with Crippen molar-refractivity contribution < 1.29 is 4.79 Å². The third kappa shape index (κ3) is 4.11. The predicted octanol–water partition coefficient (Wildman–Crippen LogP) is 1.62. The lowest BCUT2D eigenvalue weighted by atomic mass is 9.91. The van der Waals surface area contributed by atoms with Crippen LogP contribution in [0.25, 0.3) is 0 Å². The van der Waals surface area contributed by atoms with E-state index < -0.39 is 0 Å². The van der Waals surface area contributed by atoms with Crippen LogP contribution in [0.15, 0.2) is 18.5 Å². The van der Waals surface area contributed by atoms with Crippen LogP contribution < -0.4 is 10.6 Å². The number of halogens is 2. The van der Waals surface area contributed by atoms with Gasteiger partial charge in [-0.1, -0.05) is 0 Å². The first-order valence-electron chi connectivity index (χ1n) is 7.18. The van der Waals surface area contributed by atoms with Crippen molar-refractivity contribution >= 4 is 30.7 Å². The molecule has 7 heteroatoms. The maximum atomic E-state index is 12.3. The maximum Gasteiger partial charge on any atom is 0.223 e. The van der Waals surface area contributed by atoms with E-state index in [1.807, 2.05) is 23.9 Å². The summed E-state index contributed by atoms with van der Waals surface area (Å²) in [6.45, 7) is 4.90. The van der Waals surface area contributed by atoms with Gasteiger partial charge in [-0.05, 0) is 50.8 Å². The van der Waals surface area contributed by atoms with Crippen LogP contribution >= 0.6 is 24.8 Å². The van der Waals surface area contributed by atoms with E-state index in [4.69, 9.17) is 0 Å². The Morgan fingerprint density at radius 1 is 1.48 bits per heavy atom. The average molecular weight is 335 g/mol. The fraction of sp³-hybridized carbons (Fsp3) is 0.714. The number of amides is 1. The molecule has 1 aliphatic heterocycles. The van der Waals surface area contributed by atoms with Gasteiger partial charge in [-0.25, -0.2) is 0 Å². The molecule has 21 heavy (non-hydrogen) atoms. The molecule has 1 aromatic heterocycles. The molecule has 0 bridgehead atoms. The first-order chi connectivity index (χ1) is 9.20. The smallest absolute Gasteiger partial charge is 0.223 e. The Hall–Kier alpha value is -0.780. The minimum absolute atomic E-state index is 0. The Bertz CT molecular complexity index is 446. The highest BCUT2D eigenvalue weighted by Crippen LogP contribution is 2.58. The molecule has 0 radical (unpaired) electrons. The van der Waals surface area contributed by atoms with E-state index in [1.165, 1.54) is 0 Å². The molecular weight excluding hydrogens is 311 g/mol. The number of carbonyl (C=O) groups is 1. The zero-order chi connectivity index (χ0) is 13.3. The van der Waals surface area contributed by atoms with E-state index in [0.717, 1.165) is 38.9 Å². The van der Waals surface area contributed by atoms with Crippen LogP contribution in [0.3, 0.4) is 0 Å². The number of piperidine rings is 1. The third-order valence-electron chi connectivity index (χ3n) is 4.51. The third-order valence-corrected chi connectivity index (χ3v) is 4.51. The number of aromatic nitrogens is 2. The largest absolute Gasteiger partial charge is 0.352 e. The molecule has 2 unspecified atom stereocenters. The van der Waals surface area contributed by atoms with Crippen LogP contribution in [-0.2, 0) is 11.3 Å². The van der Waals surface area contributed by atoms with Gasteiger partial charge in [0.15, 0.2) is 0 Å². The molecule has 1 saturated carbocycles. The summed E-state index contributed by atoms with van der Waals surface area (Å²) in [4.78, 5) is 12.3. The average Bonchev–Trinajstić information content (AvgIpc) is 2.84. The van der Waals surface area contributed by atoms with Gasteiger partial charge in [-0.15, -0.1) is 24.8 Å². The summed E-state index contributed by atoms with van der Waals surface area (Å²) in [7, 11) is 0. The van der Waals surface area contributed by atoms with Gasteiger partial charge < -0.3 is 10.6 Å². The Kier molecular flexibility index (Phi) is 6.50. The maximum absolute atomic E-state index is 12.3. The molecule has 2 aliphatic rings. The standard InChI is InChI=1S/C14H22N4O.2ClH/c1-11(10-18-8-2-5-16-18)17-13(19)12-9-14(12)3-6-15-7-4-14;;/h2,5,8,11-12,15H,3-4,6-7,9-10H2,1H3,(H,17,19);2*1H. The van der Waals surface area contributed by atoms with Gasteiger partial charge in [-0.3, -0.25) is 9.48 Å². The van der Waals surface area contributed by atoms with Crippen molar-refractivity contribution in [2.24, 2.45) is 11.3 Å². The van der Waals surface area contributed by atoms with Gasteiger partial charge in [0.05, 0.1) is 6.54 Å². The quantitative estimate of drug-likeness (QED) is 0.879. The Labute approximate surface area is 138 Å². The minimum atomic E-state index is 0. The fourth-order valence-corrected chi connectivity index (χ4v) is 3.27. The van der Waals surface area contributed by atoms with Gasteiger partial charge in [0.1, 0.15) is 0 Å². The van der Waals surface area contributed by atoms with E-state index in [2.05, 4.69) is 15.7 Å². The van der Waals surface area contributed by atoms with Crippen molar-refractivity contribution in [1.29, 1.82) is 0 Å². The molecule has 1 saturated heterocycles. The summed E-state index contributed by atoms with van der Waals surface area (Å²) < 4.78 is 1.86. The summed E-state index contributed by atoms with van der Waals surface area (Å²) in [5.74, 6) is 0.483. The molecule has 0 aromatic carbocycles. The van der Waals surface area contributed by atoms with Gasteiger partial charge in [0.2, 0.25) is 5.91 Å². The van der Waals surface area contributed by atoms with E-state index in [1.54, 1.807) is 6.20 Å². The van der Waals surface area contributed by atoms with E-state index in [9.17, 15) is 4.79 Å². The summed E-state index contributed by atoms with van der Waals surface area (Å²) in [6.07, 6.45) is 7.07. The molecule has 3 rings (SSSR count). The van der Waals surface area contributed by atoms with Crippen LogP contribution in [0, 0.1) is 11.3 Å². The van der Waals surface area contributed by atoms with E-state index in [-0.39, 0.29) is 42.7 Å². The van der Waals surface area contributed by atoms with E-state index in [0.29, 0.717) is 5.41 Å². The molecule has 120 valence electrons. The summed E-state index contributed by atoms with van der Waals surface area (Å²) in [6, 6.07) is 2.03. The molecule has 5 nitrogen and oxygen atoms in total. The van der Waals surface area contributed by atoms with Crippen molar-refractivity contribution in [1.82, 2.24) is 20.4 Å². The van der Waals surface area contributed by atoms with E-state index >= 15 is 0 Å². The SMILES string of the molecule is CC(Cn1cccn1)NC(=O)C1CC12CCNCC2.Cl.Cl. The lowest BCUT2D eigenvalue weighted by Gasteiger charge is -2.23. The normalized spacial score (nSPS) is 23.6. The molecule has 2 heterocycles. The van der Waals surface area contributed by atoms with Gasteiger partial charge in [-0.2, -0.15) is 5.10 Å². The lowest BCUT2D eigenvalue weighted by Crippen LogP contribution is -2.39. The molecule has 1 aliphatic carbocycles. The zero-order valence-corrected chi connectivity index (χ0v) is 13.9. The number of nitrogens with one attached hydrogen (secondary N) is 2. The highest BCUT2D eigenvalue weighted by Gasteiger charge is 2.57. The zero-order valence-electron chi connectivity index (χ0n) is 12.2. The second-order valence-corrected chi connectivity index (χ2v) is 6.01. The Morgan fingerprint density at radius 3 is 2.81 bits per heavy atom. The van der Waals surface area contributed by atoms with Crippen molar-refractivity contribution in [3.8, 4) is 0 Å². The van der Waals surface area contributed by atoms with Crippen molar-refractivity contribution in [3.63, 3.8) is 0 Å². The molecule has 2 atom stereocenters. The number of hydrogen-bond acceptors (Lipinski definition) is 3. The second kappa shape index (κ2) is 7.47. The second-order valence-electron chi connectivity index (χ2n) is 6.01. The summed E-state index contributed by atoms with van der Waals surface area (Å²) in [5, 5.41) is 10.7. The Morgan fingerprint density at radius 2 is 2.19 bits per heavy atom. The highest BCUT2D eigenvalue weighted by molar-refractivity contribution is 5.85. The topological polar surface area (TPSA) is 59.0 Å². The fourth-order valence-electron chi connectivity index (χ4n) is 3.27. The van der Waals surface area contributed by atoms with Gasteiger partial charge in [0, 0.05) is 24.4 Å². The first kappa shape index (κ1) is 18.3. The van der Waals surface area contributed by atoms with Crippen LogP contribution in [-0.4, -0.2) is 34.8 Å². The molecule has 1 spiro atoms. The van der Waals surface area contributed by atoms with Gasteiger partial charge in [0.25, 0.3) is 0 Å². The number of carbonyl (C=O) groups excluding carboxylic acids is 1. The first-order valence-corrected chi connectivity index (χ1v) is 7.18. The molecule has 2 fully saturated rings. The summed E-state index contributed by atoms with van der Waals surface area (Å²) in [5.41, 5.74) is 0.320. The molecular formula is C14H24Cl2N4O. The number of hydrogen-bond donors (Lipinski definition) is 2. The minimum Gasteiger partial charge on any atom is -0.352 e. The van der Waals surface area contributed by atoms with Crippen LogP contribution in [0.2, 0.25) is 0 Å². The monoisotopic (exact) mass is 334 g/mol. The highest BCUT2D eigenvalue weighted by atomic mass is 35.5. The summed E-state index contributed by atoms with van der Waals surface area (Å²) >= 11 is 0.